The van der Waals surface area contributed by atoms with Crippen molar-refractivity contribution in [3.63, 3.8) is 0 Å². The number of carbonyl (C=O) groups excluding carboxylic acids is 1. The quantitative estimate of drug-likeness (QED) is 0.322. The summed E-state index contributed by atoms with van der Waals surface area (Å²) in [7, 11) is 0. The van der Waals surface area contributed by atoms with Crippen LogP contribution in [0.2, 0.25) is 0 Å². The highest BCUT2D eigenvalue weighted by Crippen LogP contribution is 2.34. The maximum absolute atomic E-state index is 12.4. The van der Waals surface area contributed by atoms with Crippen LogP contribution < -0.4 is 9.47 Å². The first kappa shape index (κ1) is 21.4. The van der Waals surface area contributed by atoms with Gasteiger partial charge in [-0.1, -0.05) is 54.3 Å². The molecule has 0 radical (unpaired) electrons. The Hall–Kier alpha value is -2.31. The van der Waals surface area contributed by atoms with Crippen LogP contribution in [0.15, 0.2) is 47.4 Å². The molecule has 0 bridgehead atoms. The monoisotopic (exact) mass is 427 g/mol. The molecule has 0 atom stereocenters. The summed E-state index contributed by atoms with van der Waals surface area (Å²) >= 11 is 6.62. The third-order valence-corrected chi connectivity index (χ3v) is 6.13. The third-order valence-electron chi connectivity index (χ3n) is 4.75. The molecule has 2 aromatic rings. The lowest BCUT2D eigenvalue weighted by atomic mass is 10.1. The molecule has 1 aliphatic rings. The Morgan fingerprint density at radius 3 is 2.45 bits per heavy atom. The van der Waals surface area contributed by atoms with Crippen LogP contribution in [0.4, 0.5) is 0 Å². The molecule has 4 nitrogen and oxygen atoms in total. The summed E-state index contributed by atoms with van der Waals surface area (Å²) in [6.07, 6.45) is 2.62. The molecule has 0 aromatic heterocycles. The minimum absolute atomic E-state index is 0.0424. The minimum Gasteiger partial charge on any atom is -0.493 e. The van der Waals surface area contributed by atoms with E-state index < -0.39 is 0 Å². The SMILES string of the molecule is CCN1C(=O)/C(=C\c2ccccc2OCCCOc2cccc(C)c2C)SC1=S. The molecule has 1 amide bonds. The smallest absolute Gasteiger partial charge is 0.266 e. The van der Waals surface area contributed by atoms with Crippen LogP contribution in [-0.4, -0.2) is 34.9 Å². The van der Waals surface area contributed by atoms with E-state index in [0.29, 0.717) is 29.0 Å². The van der Waals surface area contributed by atoms with Crippen molar-refractivity contribution in [3.05, 3.63) is 64.1 Å². The summed E-state index contributed by atoms with van der Waals surface area (Å²) in [5.74, 6) is 1.63. The van der Waals surface area contributed by atoms with E-state index in [1.165, 1.54) is 22.9 Å². The van der Waals surface area contributed by atoms with E-state index in [4.69, 9.17) is 21.7 Å². The van der Waals surface area contributed by atoms with Crippen molar-refractivity contribution in [2.75, 3.05) is 19.8 Å². The first-order valence-corrected chi connectivity index (χ1v) is 10.9. The Kier molecular flexibility index (Phi) is 7.34. The number of hydrogen-bond donors (Lipinski definition) is 0. The molecule has 3 rings (SSSR count). The van der Waals surface area contributed by atoms with Gasteiger partial charge in [-0.2, -0.15) is 0 Å². The summed E-state index contributed by atoms with van der Waals surface area (Å²) < 4.78 is 12.4. The van der Waals surface area contributed by atoms with Crippen LogP contribution in [0.1, 0.15) is 30.0 Å². The van der Waals surface area contributed by atoms with Crippen LogP contribution in [0.5, 0.6) is 11.5 Å². The number of thioether (sulfide) groups is 1. The largest absolute Gasteiger partial charge is 0.493 e. The van der Waals surface area contributed by atoms with E-state index in [-0.39, 0.29) is 5.91 Å². The van der Waals surface area contributed by atoms with Gasteiger partial charge in [0, 0.05) is 18.5 Å². The number of ether oxygens (including phenoxy) is 2. The maximum atomic E-state index is 12.4. The number of amides is 1. The molecule has 1 heterocycles. The zero-order chi connectivity index (χ0) is 20.8. The number of para-hydroxylation sites is 1. The number of likely N-dealkylation sites (N-methyl/N-ethyl adjacent to an activating group) is 1. The van der Waals surface area contributed by atoms with Gasteiger partial charge in [-0.3, -0.25) is 9.69 Å². The number of hydrogen-bond acceptors (Lipinski definition) is 5. The second-order valence-corrected chi connectivity index (χ2v) is 8.39. The lowest BCUT2D eigenvalue weighted by molar-refractivity contribution is -0.121. The van der Waals surface area contributed by atoms with Crippen molar-refractivity contribution in [1.29, 1.82) is 0 Å². The van der Waals surface area contributed by atoms with E-state index in [1.54, 1.807) is 4.90 Å². The fraction of sp³-hybridized carbons (Fsp3) is 0.304. The minimum atomic E-state index is -0.0424. The predicted molar refractivity (Wildman–Crippen MR) is 124 cm³/mol. The molecule has 0 spiro atoms. The number of nitrogens with zero attached hydrogens (tertiary/aromatic N) is 1. The van der Waals surface area contributed by atoms with E-state index in [0.717, 1.165) is 23.5 Å². The molecule has 0 N–H and O–H groups in total. The van der Waals surface area contributed by atoms with Gasteiger partial charge < -0.3 is 9.47 Å². The molecule has 1 fully saturated rings. The number of aryl methyl sites for hydroxylation is 1. The topological polar surface area (TPSA) is 38.8 Å². The van der Waals surface area contributed by atoms with Crippen molar-refractivity contribution in [1.82, 2.24) is 4.90 Å². The van der Waals surface area contributed by atoms with Crippen LogP contribution in [0.3, 0.4) is 0 Å². The maximum Gasteiger partial charge on any atom is 0.266 e. The molecule has 0 unspecified atom stereocenters. The summed E-state index contributed by atoms with van der Waals surface area (Å²) in [4.78, 5) is 14.7. The molecule has 2 aromatic carbocycles. The molecule has 1 saturated heterocycles. The number of carbonyl (C=O) groups is 1. The lowest BCUT2D eigenvalue weighted by Crippen LogP contribution is -2.27. The first-order valence-electron chi connectivity index (χ1n) is 9.67. The van der Waals surface area contributed by atoms with Crippen molar-refractivity contribution in [2.24, 2.45) is 0 Å². The molecular weight excluding hydrogens is 402 g/mol. The Morgan fingerprint density at radius 2 is 1.72 bits per heavy atom. The van der Waals surface area contributed by atoms with Crippen LogP contribution >= 0.6 is 24.0 Å². The van der Waals surface area contributed by atoms with Gasteiger partial charge in [-0.05, 0) is 50.1 Å². The fourth-order valence-electron chi connectivity index (χ4n) is 2.95. The van der Waals surface area contributed by atoms with Crippen LogP contribution in [-0.2, 0) is 4.79 Å². The van der Waals surface area contributed by atoms with Gasteiger partial charge >= 0.3 is 0 Å². The van der Waals surface area contributed by atoms with Gasteiger partial charge in [0.2, 0.25) is 0 Å². The summed E-state index contributed by atoms with van der Waals surface area (Å²) in [6.45, 7) is 7.77. The lowest BCUT2D eigenvalue weighted by Gasteiger charge is -2.12. The van der Waals surface area contributed by atoms with Crippen molar-refractivity contribution in [2.45, 2.75) is 27.2 Å². The Morgan fingerprint density at radius 1 is 1.03 bits per heavy atom. The zero-order valence-electron chi connectivity index (χ0n) is 16.9. The fourth-order valence-corrected chi connectivity index (χ4v) is 4.32. The van der Waals surface area contributed by atoms with Gasteiger partial charge in [-0.25, -0.2) is 0 Å². The Labute approximate surface area is 181 Å². The highest BCUT2D eigenvalue weighted by molar-refractivity contribution is 8.26. The number of thiocarbonyl (C=S) groups is 1. The molecule has 0 saturated carbocycles. The van der Waals surface area contributed by atoms with E-state index >= 15 is 0 Å². The van der Waals surface area contributed by atoms with Crippen molar-refractivity contribution >= 4 is 40.3 Å². The van der Waals surface area contributed by atoms with Crippen LogP contribution in [0, 0.1) is 13.8 Å². The second kappa shape index (κ2) is 9.94. The van der Waals surface area contributed by atoms with Gasteiger partial charge in [0.25, 0.3) is 5.91 Å². The Balaban J connectivity index is 1.57. The Bertz CT molecular complexity index is 939. The predicted octanol–water partition coefficient (Wildman–Crippen LogP) is 5.37. The van der Waals surface area contributed by atoms with Crippen molar-refractivity contribution in [3.8, 4) is 11.5 Å². The van der Waals surface area contributed by atoms with Gasteiger partial charge in [0.05, 0.1) is 18.1 Å². The number of rotatable bonds is 8. The molecular formula is C23H25NO3S2. The summed E-state index contributed by atoms with van der Waals surface area (Å²) in [5, 5.41) is 0. The van der Waals surface area contributed by atoms with E-state index in [9.17, 15) is 4.79 Å². The summed E-state index contributed by atoms with van der Waals surface area (Å²) in [6, 6.07) is 13.8. The molecule has 1 aliphatic heterocycles. The van der Waals surface area contributed by atoms with Gasteiger partial charge in [0.15, 0.2) is 0 Å². The molecule has 152 valence electrons. The molecule has 0 aliphatic carbocycles. The van der Waals surface area contributed by atoms with Gasteiger partial charge in [-0.15, -0.1) is 0 Å². The third kappa shape index (κ3) is 5.19. The number of benzene rings is 2. The molecule has 6 heteroatoms. The highest BCUT2D eigenvalue weighted by Gasteiger charge is 2.30. The summed E-state index contributed by atoms with van der Waals surface area (Å²) in [5.41, 5.74) is 3.27. The van der Waals surface area contributed by atoms with Crippen molar-refractivity contribution < 1.29 is 14.3 Å². The van der Waals surface area contributed by atoms with E-state index in [2.05, 4.69) is 19.9 Å². The van der Waals surface area contributed by atoms with Crippen LogP contribution in [0.25, 0.3) is 6.08 Å². The van der Waals surface area contributed by atoms with E-state index in [1.807, 2.05) is 49.4 Å². The highest BCUT2D eigenvalue weighted by atomic mass is 32.2. The normalized spacial score (nSPS) is 15.3. The van der Waals surface area contributed by atoms with Gasteiger partial charge in [0.1, 0.15) is 15.8 Å². The zero-order valence-corrected chi connectivity index (χ0v) is 18.6. The average Bonchev–Trinajstić information content (AvgIpc) is 2.98. The first-order chi connectivity index (χ1) is 14.0. The molecule has 29 heavy (non-hydrogen) atoms. The standard InChI is InChI=1S/C23H25NO3S2/c1-4-24-22(25)21(29-23(24)28)15-18-10-5-6-11-20(18)27-14-8-13-26-19-12-7-9-16(2)17(19)3/h5-7,9-12,15H,4,8,13-14H2,1-3H3/b21-15+. The average molecular weight is 428 g/mol. The second-order valence-electron chi connectivity index (χ2n) is 6.71.